The fourth-order valence-electron chi connectivity index (χ4n) is 3.28. The van der Waals surface area contributed by atoms with E-state index < -0.39 is 11.6 Å². The van der Waals surface area contributed by atoms with E-state index >= 15 is 0 Å². The van der Waals surface area contributed by atoms with Crippen LogP contribution in [0.5, 0.6) is 0 Å². The topological polar surface area (TPSA) is 62.1 Å². The standard InChI is InChI=1S/C19H17F2N3O2/c20-15-2-1-13(9-16(15)21)17-10-22-18(23-17)12-3-6-24(7-4-12)19(25)14-5-8-26-11-14/h1-2,5,8-12H,3-4,6-7H2,(H,22,23). The first-order chi connectivity index (χ1) is 12.6. The Kier molecular flexibility index (Phi) is 4.28. The number of carbonyl (C=O) groups is 1. The average Bonchev–Trinajstić information content (AvgIpc) is 3.36. The smallest absolute Gasteiger partial charge is 0.257 e. The molecule has 0 bridgehead atoms. The second kappa shape index (κ2) is 6.74. The summed E-state index contributed by atoms with van der Waals surface area (Å²) in [6.45, 7) is 1.27. The number of nitrogens with one attached hydrogen (secondary N) is 1. The van der Waals surface area contributed by atoms with Gasteiger partial charge in [0.1, 0.15) is 12.1 Å². The summed E-state index contributed by atoms with van der Waals surface area (Å²) in [4.78, 5) is 21.7. The van der Waals surface area contributed by atoms with Crippen LogP contribution in [0.4, 0.5) is 8.78 Å². The molecule has 0 unspecified atom stereocenters. The highest BCUT2D eigenvalue weighted by Gasteiger charge is 2.26. The molecule has 0 saturated carbocycles. The fourth-order valence-corrected chi connectivity index (χ4v) is 3.28. The highest BCUT2D eigenvalue weighted by molar-refractivity contribution is 5.93. The lowest BCUT2D eigenvalue weighted by molar-refractivity contribution is 0.0710. The number of H-pyrrole nitrogens is 1. The Morgan fingerprint density at radius 2 is 2.00 bits per heavy atom. The van der Waals surface area contributed by atoms with Crippen molar-refractivity contribution in [1.29, 1.82) is 0 Å². The molecular formula is C19H17F2N3O2. The van der Waals surface area contributed by atoms with Gasteiger partial charge >= 0.3 is 0 Å². The highest BCUT2D eigenvalue weighted by atomic mass is 19.2. The number of aromatic nitrogens is 2. The fraction of sp³-hybridized carbons (Fsp3) is 0.263. The van der Waals surface area contributed by atoms with Gasteiger partial charge in [-0.15, -0.1) is 0 Å². The number of nitrogens with zero attached hydrogens (tertiary/aromatic N) is 2. The van der Waals surface area contributed by atoms with E-state index in [0.717, 1.165) is 30.8 Å². The van der Waals surface area contributed by atoms with Crippen LogP contribution in [0.3, 0.4) is 0 Å². The predicted octanol–water partition coefficient (Wildman–Crippen LogP) is 3.97. The van der Waals surface area contributed by atoms with Gasteiger partial charge in [-0.25, -0.2) is 13.8 Å². The first-order valence-corrected chi connectivity index (χ1v) is 8.43. The molecule has 26 heavy (non-hydrogen) atoms. The molecule has 2 aromatic heterocycles. The lowest BCUT2D eigenvalue weighted by Crippen LogP contribution is -2.37. The lowest BCUT2D eigenvalue weighted by Gasteiger charge is -2.30. The first-order valence-electron chi connectivity index (χ1n) is 8.43. The van der Waals surface area contributed by atoms with Crippen molar-refractivity contribution < 1.29 is 18.0 Å². The molecule has 1 aliphatic heterocycles. The molecule has 7 heteroatoms. The van der Waals surface area contributed by atoms with Crippen LogP contribution in [-0.2, 0) is 0 Å². The van der Waals surface area contributed by atoms with E-state index in [2.05, 4.69) is 9.97 Å². The molecule has 0 spiro atoms. The monoisotopic (exact) mass is 357 g/mol. The van der Waals surface area contributed by atoms with Gasteiger partial charge in [-0.05, 0) is 37.1 Å². The van der Waals surface area contributed by atoms with Gasteiger partial charge < -0.3 is 14.3 Å². The molecule has 1 aliphatic rings. The molecule has 0 aliphatic carbocycles. The van der Waals surface area contributed by atoms with Gasteiger partial charge in [-0.3, -0.25) is 4.79 Å². The molecule has 3 heterocycles. The van der Waals surface area contributed by atoms with Crippen LogP contribution in [-0.4, -0.2) is 33.9 Å². The molecule has 1 saturated heterocycles. The van der Waals surface area contributed by atoms with E-state index in [0.29, 0.717) is 29.9 Å². The van der Waals surface area contributed by atoms with E-state index in [1.54, 1.807) is 17.2 Å². The lowest BCUT2D eigenvalue weighted by atomic mass is 9.96. The Balaban J connectivity index is 1.43. The van der Waals surface area contributed by atoms with Crippen LogP contribution in [0.15, 0.2) is 47.4 Å². The molecule has 134 valence electrons. The number of hydrogen-bond donors (Lipinski definition) is 1. The summed E-state index contributed by atoms with van der Waals surface area (Å²) in [5.74, 6) is -0.783. The Bertz CT molecular complexity index is 913. The molecule has 0 atom stereocenters. The van der Waals surface area contributed by atoms with E-state index in [-0.39, 0.29) is 11.8 Å². The number of hydrogen-bond acceptors (Lipinski definition) is 3. The summed E-state index contributed by atoms with van der Waals surface area (Å²) in [6, 6.07) is 5.43. The van der Waals surface area contributed by atoms with Crippen LogP contribution in [0.25, 0.3) is 11.3 Å². The predicted molar refractivity (Wildman–Crippen MR) is 90.5 cm³/mol. The quantitative estimate of drug-likeness (QED) is 0.772. The molecule has 1 fully saturated rings. The maximum atomic E-state index is 13.4. The SMILES string of the molecule is O=C(c1ccoc1)N1CCC(c2ncc(-c3ccc(F)c(F)c3)[nH]2)CC1. The summed E-state index contributed by atoms with van der Waals surface area (Å²) in [5.41, 5.74) is 1.76. The van der Waals surface area contributed by atoms with Crippen LogP contribution >= 0.6 is 0 Å². The molecule has 0 radical (unpaired) electrons. The first kappa shape index (κ1) is 16.5. The van der Waals surface area contributed by atoms with E-state index in [9.17, 15) is 13.6 Å². The minimum atomic E-state index is -0.885. The minimum Gasteiger partial charge on any atom is -0.472 e. The summed E-state index contributed by atoms with van der Waals surface area (Å²) in [7, 11) is 0. The third-order valence-electron chi connectivity index (χ3n) is 4.76. The maximum absolute atomic E-state index is 13.4. The van der Waals surface area contributed by atoms with Crippen molar-refractivity contribution in [2.75, 3.05) is 13.1 Å². The maximum Gasteiger partial charge on any atom is 0.257 e. The largest absolute Gasteiger partial charge is 0.472 e. The average molecular weight is 357 g/mol. The van der Waals surface area contributed by atoms with E-state index in [1.165, 1.54) is 18.6 Å². The third kappa shape index (κ3) is 3.12. The number of likely N-dealkylation sites (tertiary alicyclic amines) is 1. The molecule has 5 nitrogen and oxygen atoms in total. The zero-order valence-corrected chi connectivity index (χ0v) is 13.9. The molecule has 1 N–H and O–H groups in total. The summed E-state index contributed by atoms with van der Waals surface area (Å²) in [5, 5.41) is 0. The Morgan fingerprint density at radius 1 is 1.19 bits per heavy atom. The molecule has 4 rings (SSSR count). The summed E-state index contributed by atoms with van der Waals surface area (Å²) in [6.07, 6.45) is 6.14. The van der Waals surface area contributed by atoms with Gasteiger partial charge in [0.05, 0.1) is 23.7 Å². The number of furan rings is 1. The number of halogens is 2. The number of carbonyl (C=O) groups excluding carboxylic acids is 1. The Labute approximate surface area is 148 Å². The van der Waals surface area contributed by atoms with Crippen molar-refractivity contribution in [3.05, 3.63) is 66.0 Å². The zero-order valence-electron chi connectivity index (χ0n) is 13.9. The summed E-state index contributed by atoms with van der Waals surface area (Å²) >= 11 is 0. The van der Waals surface area contributed by atoms with Crippen molar-refractivity contribution in [2.45, 2.75) is 18.8 Å². The van der Waals surface area contributed by atoms with Gasteiger partial charge in [-0.2, -0.15) is 0 Å². The number of piperidine rings is 1. The Hall–Kier alpha value is -2.96. The van der Waals surface area contributed by atoms with Crippen LogP contribution in [0.2, 0.25) is 0 Å². The van der Waals surface area contributed by atoms with Gasteiger partial charge in [0.2, 0.25) is 0 Å². The van der Waals surface area contributed by atoms with Crippen LogP contribution in [0.1, 0.15) is 34.9 Å². The number of imidazole rings is 1. The molecule has 1 amide bonds. The Morgan fingerprint density at radius 3 is 2.69 bits per heavy atom. The zero-order chi connectivity index (χ0) is 18.1. The van der Waals surface area contributed by atoms with E-state index in [1.807, 2.05) is 0 Å². The van der Waals surface area contributed by atoms with Gasteiger partial charge in [0.25, 0.3) is 5.91 Å². The highest BCUT2D eigenvalue weighted by Crippen LogP contribution is 2.29. The van der Waals surface area contributed by atoms with Gasteiger partial charge in [-0.1, -0.05) is 0 Å². The van der Waals surface area contributed by atoms with Gasteiger partial charge in [0.15, 0.2) is 11.6 Å². The molecular weight excluding hydrogens is 340 g/mol. The number of aromatic amines is 1. The third-order valence-corrected chi connectivity index (χ3v) is 4.76. The van der Waals surface area contributed by atoms with Crippen LogP contribution in [0, 0.1) is 11.6 Å². The van der Waals surface area contributed by atoms with Crippen molar-refractivity contribution >= 4 is 5.91 Å². The number of rotatable bonds is 3. The van der Waals surface area contributed by atoms with Crippen molar-refractivity contribution in [3.63, 3.8) is 0 Å². The molecule has 3 aromatic rings. The van der Waals surface area contributed by atoms with Crippen molar-refractivity contribution in [3.8, 4) is 11.3 Å². The molecule has 1 aromatic carbocycles. The van der Waals surface area contributed by atoms with Crippen molar-refractivity contribution in [1.82, 2.24) is 14.9 Å². The minimum absolute atomic E-state index is 0.0286. The number of benzene rings is 1. The van der Waals surface area contributed by atoms with E-state index in [4.69, 9.17) is 4.42 Å². The summed E-state index contributed by atoms with van der Waals surface area (Å²) < 4.78 is 31.4. The van der Waals surface area contributed by atoms with Gasteiger partial charge in [0, 0.05) is 24.6 Å². The second-order valence-electron chi connectivity index (χ2n) is 6.39. The van der Waals surface area contributed by atoms with Crippen LogP contribution < -0.4 is 0 Å². The second-order valence-corrected chi connectivity index (χ2v) is 6.39. The van der Waals surface area contributed by atoms with Crippen molar-refractivity contribution in [2.24, 2.45) is 0 Å². The number of amides is 1. The normalized spacial score (nSPS) is 15.4.